The Bertz CT molecular complexity index is 838. The van der Waals surface area contributed by atoms with Crippen LogP contribution >= 0.6 is 23.2 Å². The van der Waals surface area contributed by atoms with Crippen molar-refractivity contribution in [2.45, 2.75) is 5.88 Å². The predicted octanol–water partition coefficient (Wildman–Crippen LogP) is 4.98. The van der Waals surface area contributed by atoms with Crippen LogP contribution in [0.5, 0.6) is 11.5 Å². The van der Waals surface area contributed by atoms with Crippen molar-refractivity contribution in [3.05, 3.63) is 69.5 Å². The van der Waals surface area contributed by atoms with Crippen LogP contribution in [0.3, 0.4) is 0 Å². The molecule has 0 fully saturated rings. The second-order valence-corrected chi connectivity index (χ2v) is 5.14. The van der Waals surface area contributed by atoms with Crippen molar-refractivity contribution < 1.29 is 9.15 Å². The molecule has 3 nitrogen and oxygen atoms in total. The Hall–Kier alpha value is -1.97. The maximum Gasteiger partial charge on any atom is 0.336 e. The van der Waals surface area contributed by atoms with Gasteiger partial charge in [0.1, 0.15) is 17.1 Å². The average molecular weight is 321 g/mol. The van der Waals surface area contributed by atoms with Gasteiger partial charge in [0.05, 0.1) is 0 Å². The highest BCUT2D eigenvalue weighted by molar-refractivity contribution is 6.30. The van der Waals surface area contributed by atoms with Gasteiger partial charge < -0.3 is 9.15 Å². The maximum absolute atomic E-state index is 11.5. The Labute approximate surface area is 130 Å². The van der Waals surface area contributed by atoms with Gasteiger partial charge in [0.15, 0.2) is 0 Å². The summed E-state index contributed by atoms with van der Waals surface area (Å²) in [6, 6.07) is 13.7. The molecular formula is C16H10Cl2O3. The van der Waals surface area contributed by atoms with E-state index in [0.717, 1.165) is 10.9 Å². The third-order valence-corrected chi connectivity index (χ3v) is 3.53. The lowest BCUT2D eigenvalue weighted by Crippen LogP contribution is -1.99. The van der Waals surface area contributed by atoms with Crippen LogP contribution in [0.25, 0.3) is 11.0 Å². The van der Waals surface area contributed by atoms with Crippen molar-refractivity contribution in [3.8, 4) is 11.5 Å². The summed E-state index contributed by atoms with van der Waals surface area (Å²) >= 11 is 11.7. The van der Waals surface area contributed by atoms with E-state index in [1.54, 1.807) is 36.4 Å². The Morgan fingerprint density at radius 2 is 1.71 bits per heavy atom. The summed E-state index contributed by atoms with van der Waals surface area (Å²) in [6.07, 6.45) is 0. The van der Waals surface area contributed by atoms with Crippen LogP contribution in [0.1, 0.15) is 5.56 Å². The van der Waals surface area contributed by atoms with E-state index in [4.69, 9.17) is 32.4 Å². The zero-order valence-electron chi connectivity index (χ0n) is 10.8. The summed E-state index contributed by atoms with van der Waals surface area (Å²) in [4.78, 5) is 11.5. The van der Waals surface area contributed by atoms with Crippen molar-refractivity contribution in [1.29, 1.82) is 0 Å². The van der Waals surface area contributed by atoms with E-state index in [1.807, 2.05) is 6.07 Å². The molecular weight excluding hydrogens is 311 g/mol. The molecule has 0 saturated carbocycles. The van der Waals surface area contributed by atoms with Crippen LogP contribution in [-0.4, -0.2) is 0 Å². The molecule has 3 aromatic rings. The fraction of sp³-hybridized carbons (Fsp3) is 0.0625. The standard InChI is InChI=1S/C16H10Cl2O3/c17-9-10-7-16(19)21-15-8-13(5-6-14(10)15)20-12-3-1-11(18)2-4-12/h1-8H,9H2. The highest BCUT2D eigenvalue weighted by atomic mass is 35.5. The molecule has 0 spiro atoms. The molecule has 3 rings (SSSR count). The lowest BCUT2D eigenvalue weighted by atomic mass is 10.1. The number of benzene rings is 2. The third-order valence-electron chi connectivity index (χ3n) is 2.99. The number of halogens is 2. The van der Waals surface area contributed by atoms with Gasteiger partial charge in [-0.1, -0.05) is 11.6 Å². The number of hydrogen-bond donors (Lipinski definition) is 0. The summed E-state index contributed by atoms with van der Waals surface area (Å²) in [5.74, 6) is 1.47. The lowest BCUT2D eigenvalue weighted by molar-refractivity contribution is 0.480. The summed E-state index contributed by atoms with van der Waals surface area (Å²) in [5.41, 5.74) is 0.757. The Kier molecular flexibility index (Phi) is 3.86. The second kappa shape index (κ2) is 5.80. The van der Waals surface area contributed by atoms with Crippen LogP contribution < -0.4 is 10.4 Å². The molecule has 0 bridgehead atoms. The SMILES string of the molecule is O=c1cc(CCl)c2ccc(Oc3ccc(Cl)cc3)cc2o1. The van der Waals surface area contributed by atoms with Gasteiger partial charge >= 0.3 is 5.63 Å². The minimum atomic E-state index is -0.429. The predicted molar refractivity (Wildman–Crippen MR) is 83.6 cm³/mol. The van der Waals surface area contributed by atoms with E-state index in [2.05, 4.69) is 0 Å². The van der Waals surface area contributed by atoms with Gasteiger partial charge in [-0.2, -0.15) is 0 Å². The van der Waals surface area contributed by atoms with E-state index >= 15 is 0 Å². The normalized spacial score (nSPS) is 10.8. The molecule has 0 N–H and O–H groups in total. The Balaban J connectivity index is 2.01. The van der Waals surface area contributed by atoms with E-state index in [9.17, 15) is 4.79 Å². The van der Waals surface area contributed by atoms with Crippen LogP contribution in [-0.2, 0) is 5.88 Å². The van der Waals surface area contributed by atoms with Crippen molar-refractivity contribution >= 4 is 34.2 Å². The molecule has 106 valence electrons. The summed E-state index contributed by atoms with van der Waals surface area (Å²) in [5, 5.41) is 1.44. The van der Waals surface area contributed by atoms with Crippen molar-refractivity contribution in [1.82, 2.24) is 0 Å². The van der Waals surface area contributed by atoms with E-state index in [-0.39, 0.29) is 5.88 Å². The minimum Gasteiger partial charge on any atom is -0.457 e. The van der Waals surface area contributed by atoms with Crippen LogP contribution in [0.15, 0.2) is 57.7 Å². The largest absolute Gasteiger partial charge is 0.457 e. The first-order chi connectivity index (χ1) is 10.2. The molecule has 0 aliphatic rings. The molecule has 0 amide bonds. The van der Waals surface area contributed by atoms with E-state index in [0.29, 0.717) is 22.1 Å². The fourth-order valence-electron chi connectivity index (χ4n) is 2.02. The van der Waals surface area contributed by atoms with Gasteiger partial charge in [-0.3, -0.25) is 0 Å². The number of fused-ring (bicyclic) bond motifs is 1. The summed E-state index contributed by atoms with van der Waals surface area (Å²) in [7, 11) is 0. The van der Waals surface area contributed by atoms with Crippen LogP contribution in [0.4, 0.5) is 0 Å². The van der Waals surface area contributed by atoms with Gasteiger partial charge in [-0.15, -0.1) is 11.6 Å². The first-order valence-corrected chi connectivity index (χ1v) is 7.13. The summed E-state index contributed by atoms with van der Waals surface area (Å²) < 4.78 is 10.9. The van der Waals surface area contributed by atoms with Gasteiger partial charge in [0.25, 0.3) is 0 Å². The molecule has 5 heteroatoms. The van der Waals surface area contributed by atoms with Crippen LogP contribution in [0.2, 0.25) is 5.02 Å². The molecule has 1 heterocycles. The highest BCUT2D eigenvalue weighted by Crippen LogP contribution is 2.27. The van der Waals surface area contributed by atoms with E-state index < -0.39 is 5.63 Å². The van der Waals surface area contributed by atoms with Crippen LogP contribution in [0, 0.1) is 0 Å². The maximum atomic E-state index is 11.5. The highest BCUT2D eigenvalue weighted by Gasteiger charge is 2.07. The second-order valence-electron chi connectivity index (χ2n) is 4.44. The zero-order chi connectivity index (χ0) is 14.8. The molecule has 0 aliphatic heterocycles. The van der Waals surface area contributed by atoms with Gasteiger partial charge in [0, 0.05) is 28.4 Å². The van der Waals surface area contributed by atoms with Gasteiger partial charge in [-0.25, -0.2) is 4.79 Å². The molecule has 0 aliphatic carbocycles. The first kappa shape index (κ1) is 14.0. The Morgan fingerprint density at radius 1 is 1.00 bits per heavy atom. The van der Waals surface area contributed by atoms with Gasteiger partial charge in [0.2, 0.25) is 0 Å². The fourth-order valence-corrected chi connectivity index (χ4v) is 2.37. The average Bonchev–Trinajstić information content (AvgIpc) is 2.48. The molecule has 0 unspecified atom stereocenters. The number of alkyl halides is 1. The van der Waals surface area contributed by atoms with Crippen molar-refractivity contribution in [2.75, 3.05) is 0 Å². The smallest absolute Gasteiger partial charge is 0.336 e. The first-order valence-electron chi connectivity index (χ1n) is 6.22. The minimum absolute atomic E-state index is 0.249. The third kappa shape index (κ3) is 3.04. The zero-order valence-corrected chi connectivity index (χ0v) is 12.3. The summed E-state index contributed by atoms with van der Waals surface area (Å²) in [6.45, 7) is 0. The molecule has 21 heavy (non-hydrogen) atoms. The number of rotatable bonds is 3. The molecule has 0 radical (unpaired) electrons. The molecule has 0 saturated heterocycles. The quantitative estimate of drug-likeness (QED) is 0.504. The van der Waals surface area contributed by atoms with Crippen molar-refractivity contribution in [2.24, 2.45) is 0 Å². The monoisotopic (exact) mass is 320 g/mol. The molecule has 2 aromatic carbocycles. The van der Waals surface area contributed by atoms with Crippen molar-refractivity contribution in [3.63, 3.8) is 0 Å². The number of ether oxygens (including phenoxy) is 1. The lowest BCUT2D eigenvalue weighted by Gasteiger charge is -2.07. The number of hydrogen-bond acceptors (Lipinski definition) is 3. The Morgan fingerprint density at radius 3 is 2.43 bits per heavy atom. The molecule has 0 atom stereocenters. The topological polar surface area (TPSA) is 39.4 Å². The molecule has 1 aromatic heterocycles. The van der Waals surface area contributed by atoms with E-state index in [1.165, 1.54) is 6.07 Å². The van der Waals surface area contributed by atoms with Gasteiger partial charge in [-0.05, 0) is 42.0 Å².